The summed E-state index contributed by atoms with van der Waals surface area (Å²) >= 11 is 4.93. The van der Waals surface area contributed by atoms with Crippen LogP contribution in [-0.4, -0.2) is 60.7 Å². The third-order valence-electron chi connectivity index (χ3n) is 4.73. The van der Waals surface area contributed by atoms with Crippen LogP contribution in [0.25, 0.3) is 0 Å². The number of nitrogens with zero attached hydrogens (tertiary/aromatic N) is 2. The molecular weight excluding hydrogens is 420 g/mol. The summed E-state index contributed by atoms with van der Waals surface area (Å²) in [5.74, 6) is 2.14. The lowest BCUT2D eigenvalue weighted by atomic mass is 10.0. The van der Waals surface area contributed by atoms with Gasteiger partial charge in [-0.15, -0.1) is 12.4 Å². The third kappa shape index (κ3) is 4.59. The van der Waals surface area contributed by atoms with Gasteiger partial charge in [0.15, 0.2) is 11.6 Å². The lowest BCUT2D eigenvalue weighted by Gasteiger charge is -2.30. The monoisotopic (exact) mass is 440 g/mol. The van der Waals surface area contributed by atoms with E-state index in [-0.39, 0.29) is 30.5 Å². The summed E-state index contributed by atoms with van der Waals surface area (Å²) in [5, 5.41) is 3.85. The molecule has 27 heavy (non-hydrogen) atoms. The van der Waals surface area contributed by atoms with E-state index in [1.807, 2.05) is 46.8 Å². The minimum atomic E-state index is -0.138. The first-order valence-corrected chi connectivity index (χ1v) is 11.6. The number of thioether (sulfide) groups is 3. The highest BCUT2D eigenvalue weighted by Gasteiger charge is 2.33. The molecule has 1 fully saturated rings. The normalized spacial score (nSPS) is 20.5. The van der Waals surface area contributed by atoms with Crippen molar-refractivity contribution in [2.24, 2.45) is 0 Å². The highest BCUT2D eigenvalue weighted by molar-refractivity contribution is 8.27. The Balaban J connectivity index is 0.00000210. The van der Waals surface area contributed by atoms with Crippen molar-refractivity contribution in [3.8, 4) is 0 Å². The number of anilines is 1. The maximum atomic E-state index is 13.1. The fourth-order valence-corrected chi connectivity index (χ4v) is 6.23. The molecule has 0 N–H and O–H groups in total. The molecule has 1 aromatic rings. The van der Waals surface area contributed by atoms with Crippen molar-refractivity contribution in [1.29, 1.82) is 0 Å². The Kier molecular flexibility index (Phi) is 7.39. The van der Waals surface area contributed by atoms with Gasteiger partial charge in [-0.25, -0.2) is 0 Å². The Morgan fingerprint density at radius 3 is 2.41 bits per heavy atom. The second kappa shape index (κ2) is 9.56. The minimum absolute atomic E-state index is 0. The second-order valence-electron chi connectivity index (χ2n) is 6.32. The number of carbonyl (C=O) groups is 2. The number of Topliss-reactive ketones (excluding diaryl/α,β-unsaturated/α-hetero) is 2. The SMILES string of the molecule is Cl.O=C1CN(CCN2CCSCC2)c2ccccc2C(=O)C1=C1SC=CS1. The van der Waals surface area contributed by atoms with Gasteiger partial charge in [0.1, 0.15) is 0 Å². The molecule has 3 aliphatic rings. The molecule has 0 saturated carbocycles. The van der Waals surface area contributed by atoms with Gasteiger partial charge in [-0.2, -0.15) is 11.8 Å². The van der Waals surface area contributed by atoms with E-state index in [0.717, 1.165) is 36.1 Å². The van der Waals surface area contributed by atoms with Gasteiger partial charge >= 0.3 is 0 Å². The summed E-state index contributed by atoms with van der Waals surface area (Å²) in [6.07, 6.45) is 0. The molecule has 3 aliphatic heterocycles. The molecule has 0 aromatic heterocycles. The van der Waals surface area contributed by atoms with Crippen molar-refractivity contribution in [2.45, 2.75) is 0 Å². The Hall–Kier alpha value is -0.860. The van der Waals surface area contributed by atoms with Crippen LogP contribution in [0.5, 0.6) is 0 Å². The first-order chi connectivity index (χ1) is 12.7. The van der Waals surface area contributed by atoms with Crippen molar-refractivity contribution in [3.63, 3.8) is 0 Å². The largest absolute Gasteiger partial charge is 0.362 e. The summed E-state index contributed by atoms with van der Waals surface area (Å²) in [7, 11) is 0. The van der Waals surface area contributed by atoms with Crippen molar-refractivity contribution in [2.75, 3.05) is 49.1 Å². The Bertz CT molecular complexity index is 781. The number of hydrogen-bond acceptors (Lipinski definition) is 7. The number of ketones is 2. The number of hydrogen-bond donors (Lipinski definition) is 0. The maximum absolute atomic E-state index is 13.1. The summed E-state index contributed by atoms with van der Waals surface area (Å²) in [6, 6.07) is 7.63. The highest BCUT2D eigenvalue weighted by atomic mass is 35.5. The van der Waals surface area contributed by atoms with Crippen LogP contribution >= 0.6 is 47.7 Å². The van der Waals surface area contributed by atoms with Crippen molar-refractivity contribution in [1.82, 2.24) is 4.90 Å². The molecule has 0 atom stereocenters. The van der Waals surface area contributed by atoms with E-state index in [0.29, 0.717) is 11.1 Å². The highest BCUT2D eigenvalue weighted by Crippen LogP contribution is 2.42. The van der Waals surface area contributed by atoms with Crippen LogP contribution in [0.3, 0.4) is 0 Å². The first-order valence-electron chi connectivity index (χ1n) is 8.68. The number of carbonyl (C=O) groups excluding carboxylic acids is 2. The summed E-state index contributed by atoms with van der Waals surface area (Å²) < 4.78 is 0.810. The van der Waals surface area contributed by atoms with E-state index in [1.165, 1.54) is 35.0 Å². The van der Waals surface area contributed by atoms with Gasteiger partial charge in [0, 0.05) is 48.9 Å². The number of rotatable bonds is 3. The van der Waals surface area contributed by atoms with Crippen LogP contribution in [0.2, 0.25) is 0 Å². The van der Waals surface area contributed by atoms with Crippen LogP contribution in [0.15, 0.2) is 44.9 Å². The van der Waals surface area contributed by atoms with Crippen molar-refractivity contribution in [3.05, 3.63) is 50.5 Å². The molecule has 1 aromatic carbocycles. The molecule has 144 valence electrons. The Labute approximate surface area is 178 Å². The van der Waals surface area contributed by atoms with Gasteiger partial charge in [0.25, 0.3) is 0 Å². The lowest BCUT2D eigenvalue weighted by molar-refractivity contribution is -0.114. The molecule has 0 radical (unpaired) electrons. The fraction of sp³-hybridized carbons (Fsp3) is 0.368. The molecule has 4 nitrogen and oxygen atoms in total. The summed E-state index contributed by atoms with van der Waals surface area (Å²) in [6.45, 7) is 4.16. The first kappa shape index (κ1) is 20.9. The number of fused-ring (bicyclic) bond motifs is 1. The Morgan fingerprint density at radius 1 is 0.963 bits per heavy atom. The van der Waals surface area contributed by atoms with Gasteiger partial charge in [-0.05, 0) is 22.9 Å². The predicted molar refractivity (Wildman–Crippen MR) is 120 cm³/mol. The zero-order valence-corrected chi connectivity index (χ0v) is 18.0. The molecule has 0 amide bonds. The molecule has 3 heterocycles. The van der Waals surface area contributed by atoms with Gasteiger partial charge in [0.05, 0.1) is 16.4 Å². The van der Waals surface area contributed by atoms with Crippen LogP contribution in [0, 0.1) is 0 Å². The zero-order valence-electron chi connectivity index (χ0n) is 14.8. The molecule has 0 spiro atoms. The van der Waals surface area contributed by atoms with Crippen LogP contribution in [0.4, 0.5) is 5.69 Å². The molecule has 0 bridgehead atoms. The van der Waals surface area contributed by atoms with Gasteiger partial charge in [-0.1, -0.05) is 35.7 Å². The average Bonchev–Trinajstić information content (AvgIpc) is 3.17. The topological polar surface area (TPSA) is 40.6 Å². The lowest BCUT2D eigenvalue weighted by Crippen LogP contribution is -2.41. The van der Waals surface area contributed by atoms with E-state index in [4.69, 9.17) is 0 Å². The van der Waals surface area contributed by atoms with Gasteiger partial charge in [0.2, 0.25) is 0 Å². The summed E-state index contributed by atoms with van der Waals surface area (Å²) in [5.41, 5.74) is 1.88. The van der Waals surface area contributed by atoms with Crippen LogP contribution in [0.1, 0.15) is 10.4 Å². The van der Waals surface area contributed by atoms with E-state index in [2.05, 4.69) is 9.80 Å². The maximum Gasteiger partial charge on any atom is 0.200 e. The molecule has 0 aliphatic carbocycles. The van der Waals surface area contributed by atoms with Crippen molar-refractivity contribution >= 4 is 64.9 Å². The third-order valence-corrected chi connectivity index (χ3v) is 7.80. The smallest absolute Gasteiger partial charge is 0.200 e. The standard InChI is InChI=1S/C19H20N2O2S3.ClH/c22-16-13-21(6-5-20-7-9-24-10-8-20)15-4-2-1-3-14(15)18(23)17(16)19-25-11-12-26-19;/h1-4,11-12H,5-10,13H2;1H. The van der Waals surface area contributed by atoms with Gasteiger partial charge in [-0.3, -0.25) is 14.5 Å². The molecular formula is C19H21ClN2O2S3. The van der Waals surface area contributed by atoms with Crippen LogP contribution in [-0.2, 0) is 4.79 Å². The van der Waals surface area contributed by atoms with Gasteiger partial charge < -0.3 is 4.90 Å². The van der Waals surface area contributed by atoms with E-state index >= 15 is 0 Å². The summed E-state index contributed by atoms with van der Waals surface area (Å²) in [4.78, 5) is 30.6. The number of benzene rings is 1. The number of para-hydroxylation sites is 1. The average molecular weight is 441 g/mol. The van der Waals surface area contributed by atoms with Crippen LogP contribution < -0.4 is 4.90 Å². The van der Waals surface area contributed by atoms with E-state index in [1.54, 1.807) is 0 Å². The predicted octanol–water partition coefficient (Wildman–Crippen LogP) is 3.89. The fourth-order valence-electron chi connectivity index (χ4n) is 3.36. The van der Waals surface area contributed by atoms with E-state index < -0.39 is 0 Å². The molecule has 8 heteroatoms. The van der Waals surface area contributed by atoms with E-state index in [9.17, 15) is 9.59 Å². The zero-order chi connectivity index (χ0) is 17.9. The second-order valence-corrected chi connectivity index (χ2v) is 9.63. The molecule has 4 rings (SSSR count). The quantitative estimate of drug-likeness (QED) is 0.521. The molecule has 0 unspecified atom stereocenters. The van der Waals surface area contributed by atoms with Crippen molar-refractivity contribution < 1.29 is 9.59 Å². The Morgan fingerprint density at radius 2 is 1.67 bits per heavy atom. The number of halogens is 1. The molecule has 1 saturated heterocycles. The minimum Gasteiger partial charge on any atom is -0.362 e.